The number of hydrogen-bond acceptors (Lipinski definition) is 3. The number of rotatable bonds is 10. The van der Waals surface area contributed by atoms with Gasteiger partial charge in [-0.2, -0.15) is 0 Å². The van der Waals surface area contributed by atoms with E-state index >= 15 is 0 Å². The number of nitrogens with zero attached hydrogens (tertiary/aromatic N) is 1. The summed E-state index contributed by atoms with van der Waals surface area (Å²) in [7, 11) is 0. The van der Waals surface area contributed by atoms with Crippen LogP contribution in [0.25, 0.3) is 0 Å². The van der Waals surface area contributed by atoms with Gasteiger partial charge in [0.2, 0.25) is 11.8 Å². The molecule has 0 aromatic heterocycles. The molecular formula is C23H28F2N2O2S. The number of carbonyl (C=O) groups excluding carboxylic acids is 2. The molecule has 0 fully saturated rings. The molecule has 0 aliphatic carbocycles. The van der Waals surface area contributed by atoms with Gasteiger partial charge in [0.15, 0.2) is 0 Å². The van der Waals surface area contributed by atoms with Gasteiger partial charge in [-0.3, -0.25) is 9.59 Å². The summed E-state index contributed by atoms with van der Waals surface area (Å²) in [5.41, 5.74) is 1.27. The summed E-state index contributed by atoms with van der Waals surface area (Å²) in [6.45, 7) is 5.77. The van der Waals surface area contributed by atoms with Crippen molar-refractivity contribution in [3.63, 3.8) is 0 Å². The van der Waals surface area contributed by atoms with Gasteiger partial charge in [-0.1, -0.05) is 37.3 Å². The Morgan fingerprint density at radius 3 is 2.33 bits per heavy atom. The maximum absolute atomic E-state index is 13.8. The van der Waals surface area contributed by atoms with E-state index in [0.29, 0.717) is 17.7 Å². The first-order valence-corrected chi connectivity index (χ1v) is 11.1. The Morgan fingerprint density at radius 2 is 1.73 bits per heavy atom. The van der Waals surface area contributed by atoms with E-state index in [1.54, 1.807) is 30.3 Å². The van der Waals surface area contributed by atoms with Gasteiger partial charge in [0.1, 0.15) is 17.7 Å². The van der Waals surface area contributed by atoms with Crippen LogP contribution in [0.1, 0.15) is 38.3 Å². The van der Waals surface area contributed by atoms with Gasteiger partial charge < -0.3 is 10.2 Å². The largest absolute Gasteiger partial charge is 0.352 e. The van der Waals surface area contributed by atoms with Crippen molar-refractivity contribution in [2.24, 2.45) is 0 Å². The lowest BCUT2D eigenvalue weighted by molar-refractivity contribution is -0.139. The van der Waals surface area contributed by atoms with E-state index in [0.717, 1.165) is 5.56 Å². The average molecular weight is 435 g/mol. The van der Waals surface area contributed by atoms with Crippen LogP contribution in [0.3, 0.4) is 0 Å². The lowest BCUT2D eigenvalue weighted by Gasteiger charge is -2.31. The van der Waals surface area contributed by atoms with Gasteiger partial charge in [0.05, 0.1) is 5.75 Å². The van der Waals surface area contributed by atoms with Crippen LogP contribution >= 0.6 is 11.8 Å². The van der Waals surface area contributed by atoms with Crippen LogP contribution in [-0.2, 0) is 21.9 Å². The van der Waals surface area contributed by atoms with Crippen LogP contribution in [0, 0.1) is 11.6 Å². The molecule has 4 nitrogen and oxygen atoms in total. The van der Waals surface area contributed by atoms with Crippen molar-refractivity contribution < 1.29 is 18.4 Å². The fourth-order valence-corrected chi connectivity index (χ4v) is 3.93. The van der Waals surface area contributed by atoms with E-state index in [2.05, 4.69) is 5.32 Å². The Morgan fingerprint density at radius 1 is 1.07 bits per heavy atom. The van der Waals surface area contributed by atoms with Crippen LogP contribution in [0.2, 0.25) is 0 Å². The Kier molecular flexibility index (Phi) is 9.30. The molecule has 0 spiro atoms. The molecule has 0 heterocycles. The Labute approximate surface area is 181 Å². The Balaban J connectivity index is 2.13. The maximum Gasteiger partial charge on any atom is 0.243 e. The highest BCUT2D eigenvalue weighted by atomic mass is 32.2. The first-order chi connectivity index (χ1) is 14.3. The van der Waals surface area contributed by atoms with Gasteiger partial charge in [-0.05, 0) is 49.6 Å². The van der Waals surface area contributed by atoms with E-state index in [4.69, 9.17) is 0 Å². The van der Waals surface area contributed by atoms with Crippen molar-refractivity contribution in [2.45, 2.75) is 51.6 Å². The predicted molar refractivity (Wildman–Crippen MR) is 117 cm³/mol. The molecule has 7 heteroatoms. The molecule has 0 saturated carbocycles. The monoisotopic (exact) mass is 434 g/mol. The average Bonchev–Trinajstić information content (AvgIpc) is 2.70. The second kappa shape index (κ2) is 11.7. The highest BCUT2D eigenvalue weighted by molar-refractivity contribution is 7.99. The van der Waals surface area contributed by atoms with Gasteiger partial charge in [0, 0.05) is 18.3 Å². The van der Waals surface area contributed by atoms with E-state index in [9.17, 15) is 18.4 Å². The van der Waals surface area contributed by atoms with E-state index in [1.807, 2.05) is 20.8 Å². The van der Waals surface area contributed by atoms with Crippen LogP contribution in [0.5, 0.6) is 0 Å². The summed E-state index contributed by atoms with van der Waals surface area (Å²) in [5, 5.41) is 2.86. The SMILES string of the molecule is CC[C@@H](C(=O)NC(C)C)N(Cc1ccc(F)cc1)C(=O)CSCc1ccccc1F. The van der Waals surface area contributed by atoms with Gasteiger partial charge in [0.25, 0.3) is 0 Å². The zero-order valence-corrected chi connectivity index (χ0v) is 18.3. The highest BCUT2D eigenvalue weighted by Crippen LogP contribution is 2.19. The first kappa shape index (κ1) is 23.9. The van der Waals surface area contributed by atoms with Crippen LogP contribution in [0.15, 0.2) is 48.5 Å². The number of hydrogen-bond donors (Lipinski definition) is 1. The summed E-state index contributed by atoms with van der Waals surface area (Å²) >= 11 is 1.30. The van der Waals surface area contributed by atoms with Gasteiger partial charge in [-0.25, -0.2) is 8.78 Å². The van der Waals surface area contributed by atoms with Crippen molar-refractivity contribution in [3.05, 3.63) is 71.3 Å². The molecule has 0 unspecified atom stereocenters. The number of benzene rings is 2. The van der Waals surface area contributed by atoms with Crippen LogP contribution in [0.4, 0.5) is 8.78 Å². The van der Waals surface area contributed by atoms with Gasteiger partial charge >= 0.3 is 0 Å². The third-order valence-corrected chi connectivity index (χ3v) is 5.49. The van der Waals surface area contributed by atoms with Crippen LogP contribution < -0.4 is 5.32 Å². The number of nitrogens with one attached hydrogen (secondary N) is 1. The van der Waals surface area contributed by atoms with Crippen molar-refractivity contribution in [1.82, 2.24) is 10.2 Å². The molecule has 0 saturated heterocycles. The molecule has 0 bridgehead atoms. The molecule has 162 valence electrons. The molecule has 30 heavy (non-hydrogen) atoms. The molecule has 1 atom stereocenters. The lowest BCUT2D eigenvalue weighted by Crippen LogP contribution is -2.50. The van der Waals surface area contributed by atoms with Crippen molar-refractivity contribution in [3.8, 4) is 0 Å². The normalized spacial score (nSPS) is 11.9. The predicted octanol–water partition coefficient (Wildman–Crippen LogP) is 4.53. The quantitative estimate of drug-likeness (QED) is 0.598. The van der Waals surface area contributed by atoms with Crippen LogP contribution in [-0.4, -0.2) is 34.6 Å². The summed E-state index contributed by atoms with van der Waals surface area (Å²) in [4.78, 5) is 27.3. The van der Waals surface area contributed by atoms with Gasteiger partial charge in [-0.15, -0.1) is 11.8 Å². The fourth-order valence-electron chi connectivity index (χ4n) is 3.03. The number of amides is 2. The molecule has 2 aromatic carbocycles. The maximum atomic E-state index is 13.8. The fraction of sp³-hybridized carbons (Fsp3) is 0.391. The molecule has 2 amide bonds. The smallest absolute Gasteiger partial charge is 0.243 e. The van der Waals surface area contributed by atoms with Crippen molar-refractivity contribution >= 4 is 23.6 Å². The Bertz CT molecular complexity index is 843. The topological polar surface area (TPSA) is 49.4 Å². The molecule has 2 aromatic rings. The summed E-state index contributed by atoms with van der Waals surface area (Å²) in [5.74, 6) is -0.628. The van der Waals surface area contributed by atoms with E-state index in [-0.39, 0.29) is 41.8 Å². The number of thioether (sulfide) groups is 1. The molecular weight excluding hydrogens is 406 g/mol. The van der Waals surface area contributed by atoms with Crippen molar-refractivity contribution in [1.29, 1.82) is 0 Å². The second-order valence-electron chi connectivity index (χ2n) is 7.32. The molecule has 0 radical (unpaired) electrons. The highest BCUT2D eigenvalue weighted by Gasteiger charge is 2.28. The minimum atomic E-state index is -0.640. The zero-order valence-electron chi connectivity index (χ0n) is 17.5. The molecule has 0 aliphatic rings. The minimum Gasteiger partial charge on any atom is -0.352 e. The summed E-state index contributed by atoms with van der Waals surface area (Å²) in [6, 6.07) is 11.6. The summed E-state index contributed by atoms with van der Waals surface area (Å²) < 4.78 is 27.1. The third kappa shape index (κ3) is 7.13. The molecule has 1 N–H and O–H groups in total. The Hall–Kier alpha value is -2.41. The standard InChI is InChI=1S/C23H28F2N2O2S/c1-4-21(23(29)26-16(2)3)27(13-17-9-11-19(24)12-10-17)22(28)15-30-14-18-7-5-6-8-20(18)25/h5-12,16,21H,4,13-15H2,1-3H3,(H,26,29)/t21-/m0/s1. The molecule has 2 rings (SSSR count). The number of halogens is 2. The number of carbonyl (C=O) groups is 2. The van der Waals surface area contributed by atoms with E-state index in [1.165, 1.54) is 34.9 Å². The first-order valence-electron chi connectivity index (χ1n) is 9.97. The molecule has 0 aliphatic heterocycles. The minimum absolute atomic E-state index is 0.0512. The van der Waals surface area contributed by atoms with E-state index < -0.39 is 6.04 Å². The lowest BCUT2D eigenvalue weighted by atomic mass is 10.1. The third-order valence-electron chi connectivity index (χ3n) is 4.52. The zero-order chi connectivity index (χ0) is 22.1. The second-order valence-corrected chi connectivity index (χ2v) is 8.31. The summed E-state index contributed by atoms with van der Waals surface area (Å²) in [6.07, 6.45) is 0.448. The van der Waals surface area contributed by atoms with Crippen molar-refractivity contribution in [2.75, 3.05) is 5.75 Å².